The Balaban J connectivity index is 2.40. The topological polar surface area (TPSA) is 55.6 Å². The molecule has 0 aromatic carbocycles. The number of aryl methyl sites for hydroxylation is 1. The fourth-order valence-corrected chi connectivity index (χ4v) is 1.80. The maximum atomic E-state index is 4.58. The normalized spacial score (nSPS) is 10.9. The van der Waals surface area contributed by atoms with E-state index < -0.39 is 0 Å². The van der Waals surface area contributed by atoms with Crippen LogP contribution < -0.4 is 5.32 Å². The Morgan fingerprint density at radius 1 is 1.33 bits per heavy atom. The highest BCUT2D eigenvalue weighted by molar-refractivity contribution is 5.52. The molecule has 2 aromatic rings. The van der Waals surface area contributed by atoms with Crippen LogP contribution in [-0.4, -0.2) is 26.8 Å². The second kappa shape index (κ2) is 5.16. The minimum Gasteiger partial charge on any atom is -0.373 e. The van der Waals surface area contributed by atoms with Gasteiger partial charge in [-0.25, -0.2) is 9.97 Å². The molecular weight excluding hydrogens is 226 g/mol. The molecule has 0 fully saturated rings. The Hall–Kier alpha value is -1.91. The predicted octanol–water partition coefficient (Wildman–Crippen LogP) is 2.12. The van der Waals surface area contributed by atoms with Crippen LogP contribution in [0, 0.1) is 5.92 Å². The average molecular weight is 245 g/mol. The molecule has 0 bridgehead atoms. The number of rotatable bonds is 4. The van der Waals surface area contributed by atoms with Crippen LogP contribution in [0.2, 0.25) is 0 Å². The minimum absolute atomic E-state index is 0.571. The van der Waals surface area contributed by atoms with Crippen LogP contribution in [0.1, 0.15) is 19.5 Å². The van der Waals surface area contributed by atoms with Crippen molar-refractivity contribution in [3.8, 4) is 11.5 Å². The molecule has 1 N–H and O–H groups in total. The van der Waals surface area contributed by atoms with Crippen LogP contribution in [0.25, 0.3) is 11.5 Å². The third kappa shape index (κ3) is 2.85. The van der Waals surface area contributed by atoms with E-state index in [9.17, 15) is 0 Å². The molecule has 0 amide bonds. The highest BCUT2D eigenvalue weighted by Gasteiger charge is 2.09. The lowest BCUT2D eigenvalue weighted by Crippen LogP contribution is -2.04. The first-order valence-corrected chi connectivity index (χ1v) is 6.14. The van der Waals surface area contributed by atoms with Crippen molar-refractivity contribution in [2.24, 2.45) is 13.0 Å². The summed E-state index contributed by atoms with van der Waals surface area (Å²) in [4.78, 5) is 9.02. The third-order valence-corrected chi connectivity index (χ3v) is 2.60. The molecule has 5 heteroatoms. The van der Waals surface area contributed by atoms with Gasteiger partial charge in [0.2, 0.25) is 0 Å². The van der Waals surface area contributed by atoms with Gasteiger partial charge in [-0.05, 0) is 18.4 Å². The highest BCUT2D eigenvalue weighted by Crippen LogP contribution is 2.17. The largest absolute Gasteiger partial charge is 0.373 e. The van der Waals surface area contributed by atoms with Gasteiger partial charge in [-0.15, -0.1) is 0 Å². The van der Waals surface area contributed by atoms with E-state index in [1.165, 1.54) is 0 Å². The van der Waals surface area contributed by atoms with Gasteiger partial charge in [-0.1, -0.05) is 13.8 Å². The zero-order valence-electron chi connectivity index (χ0n) is 11.3. The van der Waals surface area contributed by atoms with Crippen molar-refractivity contribution in [1.82, 2.24) is 19.7 Å². The van der Waals surface area contributed by atoms with E-state index in [4.69, 9.17) is 0 Å². The molecule has 18 heavy (non-hydrogen) atoms. The molecule has 0 radical (unpaired) electrons. The van der Waals surface area contributed by atoms with Crippen molar-refractivity contribution in [2.75, 3.05) is 12.4 Å². The molecule has 0 spiro atoms. The van der Waals surface area contributed by atoms with E-state index in [-0.39, 0.29) is 0 Å². The zero-order valence-corrected chi connectivity index (χ0v) is 11.3. The summed E-state index contributed by atoms with van der Waals surface area (Å²) in [7, 11) is 3.75. The molecule has 2 rings (SSSR count). The van der Waals surface area contributed by atoms with Crippen molar-refractivity contribution >= 4 is 5.82 Å². The van der Waals surface area contributed by atoms with Gasteiger partial charge in [-0.3, -0.25) is 4.68 Å². The number of nitrogens with zero attached hydrogens (tertiary/aromatic N) is 4. The van der Waals surface area contributed by atoms with Crippen LogP contribution in [0.4, 0.5) is 5.82 Å². The second-order valence-corrected chi connectivity index (χ2v) is 4.79. The van der Waals surface area contributed by atoms with E-state index in [0.29, 0.717) is 11.7 Å². The lowest BCUT2D eigenvalue weighted by Gasteiger charge is -2.08. The number of hydrogen-bond acceptors (Lipinski definition) is 4. The van der Waals surface area contributed by atoms with Gasteiger partial charge in [0.25, 0.3) is 0 Å². The molecule has 0 saturated heterocycles. The first-order valence-electron chi connectivity index (χ1n) is 6.14. The molecule has 96 valence electrons. The van der Waals surface area contributed by atoms with Gasteiger partial charge in [0.1, 0.15) is 11.5 Å². The fourth-order valence-electron chi connectivity index (χ4n) is 1.80. The van der Waals surface area contributed by atoms with Crippen molar-refractivity contribution in [3.05, 3.63) is 24.0 Å². The van der Waals surface area contributed by atoms with Crippen LogP contribution in [0.15, 0.2) is 18.3 Å². The molecule has 0 aliphatic carbocycles. The van der Waals surface area contributed by atoms with E-state index in [1.807, 2.05) is 32.4 Å². The smallest absolute Gasteiger partial charge is 0.182 e. The Bertz CT molecular complexity index is 530. The van der Waals surface area contributed by atoms with Crippen molar-refractivity contribution in [1.29, 1.82) is 0 Å². The van der Waals surface area contributed by atoms with Gasteiger partial charge in [-0.2, -0.15) is 5.10 Å². The van der Waals surface area contributed by atoms with Crippen molar-refractivity contribution < 1.29 is 0 Å². The molecule has 0 atom stereocenters. The molecule has 0 aliphatic heterocycles. The van der Waals surface area contributed by atoms with Crippen LogP contribution in [-0.2, 0) is 13.5 Å². The maximum absolute atomic E-state index is 4.58. The lowest BCUT2D eigenvalue weighted by atomic mass is 10.1. The highest BCUT2D eigenvalue weighted by atomic mass is 15.3. The van der Waals surface area contributed by atoms with Gasteiger partial charge in [0, 0.05) is 32.1 Å². The number of anilines is 1. The first-order chi connectivity index (χ1) is 8.58. The Kier molecular flexibility index (Phi) is 3.60. The van der Waals surface area contributed by atoms with Crippen molar-refractivity contribution in [2.45, 2.75) is 20.3 Å². The summed E-state index contributed by atoms with van der Waals surface area (Å²) in [6, 6.07) is 3.92. The Labute approximate surface area is 107 Å². The van der Waals surface area contributed by atoms with Crippen molar-refractivity contribution in [3.63, 3.8) is 0 Å². The summed E-state index contributed by atoms with van der Waals surface area (Å²) in [6.45, 7) is 4.36. The summed E-state index contributed by atoms with van der Waals surface area (Å²) in [5.74, 6) is 2.08. The van der Waals surface area contributed by atoms with Gasteiger partial charge in [0.15, 0.2) is 5.82 Å². The van der Waals surface area contributed by atoms with E-state index in [2.05, 4.69) is 34.2 Å². The lowest BCUT2D eigenvalue weighted by molar-refractivity contribution is 0.634. The monoisotopic (exact) mass is 245 g/mol. The minimum atomic E-state index is 0.571. The number of hydrogen-bond donors (Lipinski definition) is 1. The van der Waals surface area contributed by atoms with Crippen LogP contribution >= 0.6 is 0 Å². The summed E-state index contributed by atoms with van der Waals surface area (Å²) < 4.78 is 1.76. The maximum Gasteiger partial charge on any atom is 0.182 e. The molecule has 0 unspecified atom stereocenters. The predicted molar refractivity (Wildman–Crippen MR) is 72.3 cm³/mol. The number of aromatic nitrogens is 4. The SMILES string of the molecule is CNc1cc(CC(C)C)nc(-c2ccn(C)n2)n1. The average Bonchev–Trinajstić information content (AvgIpc) is 2.74. The van der Waals surface area contributed by atoms with Crippen LogP contribution in [0.3, 0.4) is 0 Å². The molecule has 2 heterocycles. The Morgan fingerprint density at radius 2 is 2.11 bits per heavy atom. The molecular formula is C13H19N5. The molecule has 5 nitrogen and oxygen atoms in total. The molecule has 0 saturated carbocycles. The third-order valence-electron chi connectivity index (χ3n) is 2.60. The van der Waals surface area contributed by atoms with E-state index in [1.54, 1.807) is 4.68 Å². The second-order valence-electron chi connectivity index (χ2n) is 4.79. The van der Waals surface area contributed by atoms with E-state index in [0.717, 1.165) is 23.6 Å². The van der Waals surface area contributed by atoms with Gasteiger partial charge < -0.3 is 5.32 Å². The Morgan fingerprint density at radius 3 is 2.67 bits per heavy atom. The van der Waals surface area contributed by atoms with Gasteiger partial charge in [0.05, 0.1) is 0 Å². The van der Waals surface area contributed by atoms with E-state index >= 15 is 0 Å². The molecule has 0 aliphatic rings. The summed E-state index contributed by atoms with van der Waals surface area (Å²) in [5, 5.41) is 7.41. The van der Waals surface area contributed by atoms with Crippen LogP contribution in [0.5, 0.6) is 0 Å². The fraction of sp³-hybridized carbons (Fsp3) is 0.462. The quantitative estimate of drug-likeness (QED) is 0.896. The zero-order chi connectivity index (χ0) is 13.1. The summed E-state index contributed by atoms with van der Waals surface area (Å²) >= 11 is 0. The summed E-state index contributed by atoms with van der Waals surface area (Å²) in [5.41, 5.74) is 1.85. The summed E-state index contributed by atoms with van der Waals surface area (Å²) in [6.07, 6.45) is 2.84. The first kappa shape index (κ1) is 12.5. The molecule has 2 aromatic heterocycles. The number of nitrogens with one attached hydrogen (secondary N) is 1. The standard InChI is InChI=1S/C13H19N5/c1-9(2)7-10-8-12(14-3)16-13(15-10)11-5-6-18(4)17-11/h5-6,8-9H,7H2,1-4H3,(H,14,15,16). The van der Waals surface area contributed by atoms with Gasteiger partial charge >= 0.3 is 0 Å².